The predicted molar refractivity (Wildman–Crippen MR) is 44.4 cm³/mol. The van der Waals surface area contributed by atoms with Crippen molar-refractivity contribution < 1.29 is 9.59 Å². The lowest BCUT2D eigenvalue weighted by molar-refractivity contribution is -0.132. The number of ketones is 2. The smallest absolute Gasteiger partial charge is 0.143 e. The molecule has 0 radical (unpaired) electrons. The molecule has 0 aliphatic rings. The van der Waals surface area contributed by atoms with Crippen LogP contribution in [0.15, 0.2) is 0 Å². The van der Waals surface area contributed by atoms with Crippen molar-refractivity contribution in [2.75, 3.05) is 0 Å². The molecule has 0 N–H and O–H groups in total. The second-order valence-corrected chi connectivity index (χ2v) is 2.60. The second-order valence-electron chi connectivity index (χ2n) is 2.60. The lowest BCUT2D eigenvalue weighted by Crippen LogP contribution is -2.21. The van der Waals surface area contributed by atoms with Crippen LogP contribution in [-0.2, 0) is 9.59 Å². The van der Waals surface area contributed by atoms with E-state index in [1.54, 1.807) is 13.8 Å². The summed E-state index contributed by atoms with van der Waals surface area (Å²) in [4.78, 5) is 22.2. The summed E-state index contributed by atoms with van der Waals surface area (Å²) in [6.07, 6.45) is 1.60. The van der Waals surface area contributed by atoms with Crippen LogP contribution in [0.2, 0.25) is 0 Å². The Morgan fingerprint density at radius 3 is 1.55 bits per heavy atom. The van der Waals surface area contributed by atoms with Gasteiger partial charge in [-0.25, -0.2) is 0 Å². The van der Waals surface area contributed by atoms with Gasteiger partial charge in [-0.2, -0.15) is 0 Å². The van der Waals surface area contributed by atoms with Crippen LogP contribution in [0.4, 0.5) is 0 Å². The monoisotopic (exact) mass is 156 g/mol. The van der Waals surface area contributed by atoms with Crippen LogP contribution in [0.1, 0.15) is 40.0 Å². The molecule has 0 aromatic carbocycles. The number of carbonyl (C=O) groups excluding carboxylic acids is 2. The van der Waals surface area contributed by atoms with Gasteiger partial charge < -0.3 is 0 Å². The predicted octanol–water partition coefficient (Wildman–Crippen LogP) is 1.97. The van der Waals surface area contributed by atoms with E-state index in [1.807, 2.05) is 6.92 Å². The molecular weight excluding hydrogens is 140 g/mol. The van der Waals surface area contributed by atoms with Crippen molar-refractivity contribution in [3.05, 3.63) is 0 Å². The molecule has 64 valence electrons. The number of Topliss-reactive ketones (excluding diaryl/α,β-unsaturated/α-hetero) is 2. The first kappa shape index (κ1) is 10.3. The lowest BCUT2D eigenvalue weighted by atomic mass is 9.93. The number of rotatable bonds is 5. The third-order valence-electron chi connectivity index (χ3n) is 1.88. The van der Waals surface area contributed by atoms with Gasteiger partial charge in [-0.3, -0.25) is 9.59 Å². The number of hydrogen-bond acceptors (Lipinski definition) is 2. The summed E-state index contributed by atoms with van der Waals surface area (Å²) in [7, 11) is 0. The van der Waals surface area contributed by atoms with Crippen molar-refractivity contribution in [1.82, 2.24) is 0 Å². The molecule has 0 fully saturated rings. The average Bonchev–Trinajstić information content (AvgIpc) is 2.05. The number of carbonyl (C=O) groups is 2. The standard InChI is InChI=1S/C9H16O2/c1-4-7(8(10)5-2)9(11)6-3/h7H,4-6H2,1-3H3. The summed E-state index contributed by atoms with van der Waals surface area (Å²) in [6, 6.07) is 0. The van der Waals surface area contributed by atoms with Crippen LogP contribution in [0.3, 0.4) is 0 Å². The van der Waals surface area contributed by atoms with Crippen molar-refractivity contribution >= 4 is 11.6 Å². The molecule has 0 aromatic rings. The Morgan fingerprint density at radius 2 is 1.36 bits per heavy atom. The zero-order valence-corrected chi connectivity index (χ0v) is 7.52. The molecule has 0 rings (SSSR count). The fourth-order valence-corrected chi connectivity index (χ4v) is 1.13. The van der Waals surface area contributed by atoms with Crippen LogP contribution >= 0.6 is 0 Å². The van der Waals surface area contributed by atoms with Gasteiger partial charge in [-0.15, -0.1) is 0 Å². The Kier molecular flexibility index (Phi) is 4.75. The van der Waals surface area contributed by atoms with Crippen LogP contribution in [0.5, 0.6) is 0 Å². The molecule has 0 saturated heterocycles. The van der Waals surface area contributed by atoms with Gasteiger partial charge in [0.15, 0.2) is 0 Å². The van der Waals surface area contributed by atoms with Gasteiger partial charge >= 0.3 is 0 Å². The molecule has 0 bridgehead atoms. The molecule has 0 aromatic heterocycles. The van der Waals surface area contributed by atoms with Crippen LogP contribution in [0.25, 0.3) is 0 Å². The molecular formula is C9H16O2. The minimum atomic E-state index is -0.329. The molecule has 0 heterocycles. The highest BCUT2D eigenvalue weighted by molar-refractivity contribution is 6.02. The van der Waals surface area contributed by atoms with Crippen molar-refractivity contribution in [1.29, 1.82) is 0 Å². The van der Waals surface area contributed by atoms with Crippen molar-refractivity contribution in [2.45, 2.75) is 40.0 Å². The van der Waals surface area contributed by atoms with Gasteiger partial charge in [0.25, 0.3) is 0 Å². The van der Waals surface area contributed by atoms with Gasteiger partial charge in [-0.05, 0) is 6.42 Å². The third kappa shape index (κ3) is 2.83. The lowest BCUT2D eigenvalue weighted by Gasteiger charge is -2.08. The highest BCUT2D eigenvalue weighted by atomic mass is 16.1. The van der Waals surface area contributed by atoms with Gasteiger partial charge in [0.1, 0.15) is 11.6 Å². The Hall–Kier alpha value is -0.660. The Morgan fingerprint density at radius 1 is 1.00 bits per heavy atom. The summed E-state index contributed by atoms with van der Waals surface area (Å²) in [5.41, 5.74) is 0. The highest BCUT2D eigenvalue weighted by Gasteiger charge is 2.20. The Bertz CT molecular complexity index is 134. The minimum absolute atomic E-state index is 0.0827. The van der Waals surface area contributed by atoms with E-state index in [9.17, 15) is 9.59 Å². The molecule has 0 saturated carbocycles. The summed E-state index contributed by atoms with van der Waals surface area (Å²) < 4.78 is 0. The molecule has 2 nitrogen and oxygen atoms in total. The minimum Gasteiger partial charge on any atom is -0.299 e. The first-order valence-corrected chi connectivity index (χ1v) is 4.22. The van der Waals surface area contributed by atoms with Crippen molar-refractivity contribution in [3.63, 3.8) is 0 Å². The first-order chi connectivity index (χ1) is 5.17. The van der Waals surface area contributed by atoms with Gasteiger partial charge in [-0.1, -0.05) is 20.8 Å². The fourth-order valence-electron chi connectivity index (χ4n) is 1.13. The van der Waals surface area contributed by atoms with E-state index in [2.05, 4.69) is 0 Å². The summed E-state index contributed by atoms with van der Waals surface area (Å²) >= 11 is 0. The fraction of sp³-hybridized carbons (Fsp3) is 0.778. The van der Waals surface area contributed by atoms with Gasteiger partial charge in [0, 0.05) is 12.8 Å². The van der Waals surface area contributed by atoms with E-state index in [1.165, 1.54) is 0 Å². The quantitative estimate of drug-likeness (QED) is 0.570. The Labute approximate surface area is 68.0 Å². The SMILES string of the molecule is CCC(=O)C(CC)C(=O)CC. The molecule has 0 amide bonds. The molecule has 0 atom stereocenters. The van der Waals surface area contributed by atoms with Crippen LogP contribution < -0.4 is 0 Å². The maximum absolute atomic E-state index is 11.1. The Balaban J connectivity index is 4.15. The van der Waals surface area contributed by atoms with Crippen molar-refractivity contribution in [3.8, 4) is 0 Å². The van der Waals surface area contributed by atoms with E-state index in [0.717, 1.165) is 0 Å². The maximum Gasteiger partial charge on any atom is 0.143 e. The maximum atomic E-state index is 11.1. The van der Waals surface area contributed by atoms with Crippen molar-refractivity contribution in [2.24, 2.45) is 5.92 Å². The molecule has 0 unspecified atom stereocenters. The summed E-state index contributed by atoms with van der Waals surface area (Å²) in [5, 5.41) is 0. The van der Waals surface area contributed by atoms with Crippen LogP contribution in [-0.4, -0.2) is 11.6 Å². The highest BCUT2D eigenvalue weighted by Crippen LogP contribution is 2.09. The molecule has 0 spiro atoms. The largest absolute Gasteiger partial charge is 0.299 e. The zero-order valence-electron chi connectivity index (χ0n) is 7.52. The van der Waals surface area contributed by atoms with E-state index < -0.39 is 0 Å². The van der Waals surface area contributed by atoms with E-state index in [4.69, 9.17) is 0 Å². The van der Waals surface area contributed by atoms with Gasteiger partial charge in [0.2, 0.25) is 0 Å². The second kappa shape index (κ2) is 5.05. The molecule has 2 heteroatoms. The summed E-state index contributed by atoms with van der Waals surface area (Å²) in [6.45, 7) is 5.48. The van der Waals surface area contributed by atoms with Gasteiger partial charge in [0.05, 0.1) is 5.92 Å². The first-order valence-electron chi connectivity index (χ1n) is 4.22. The summed E-state index contributed by atoms with van der Waals surface area (Å²) in [5.74, 6) is -0.163. The topological polar surface area (TPSA) is 34.1 Å². The molecule has 0 aliphatic heterocycles. The van der Waals surface area contributed by atoms with Crippen LogP contribution in [0, 0.1) is 5.92 Å². The normalized spacial score (nSPS) is 10.2. The molecule has 0 aliphatic carbocycles. The average molecular weight is 156 g/mol. The van der Waals surface area contributed by atoms with E-state index in [0.29, 0.717) is 19.3 Å². The molecule has 11 heavy (non-hydrogen) atoms. The zero-order chi connectivity index (χ0) is 8.85. The third-order valence-corrected chi connectivity index (χ3v) is 1.88. The van der Waals surface area contributed by atoms with E-state index in [-0.39, 0.29) is 17.5 Å². The number of hydrogen-bond donors (Lipinski definition) is 0. The van der Waals surface area contributed by atoms with E-state index >= 15 is 0 Å².